The maximum Gasteiger partial charge on any atom is 1.00 e. The molecule has 1 N–H and O–H groups in total. The maximum absolute atomic E-state index is 14.5. The monoisotopic (exact) mass is 861 g/mol. The molecule has 0 aromatic carbocycles. The van der Waals surface area contributed by atoms with Gasteiger partial charge >= 0.3 is 63.3 Å². The number of likely N-dealkylation sites (tertiary alicyclic amines) is 1. The number of halogens is 2. The fourth-order valence-corrected chi connectivity index (χ4v) is 15.0. The summed E-state index contributed by atoms with van der Waals surface area (Å²) in [5.74, 6) is 2.15. The molecule has 8 rings (SSSR count). The maximum atomic E-state index is 14.5. The van der Waals surface area contributed by atoms with E-state index in [4.69, 9.17) is 9.47 Å². The Hall–Kier alpha value is -0.664. The molecule has 12 heteroatoms. The molecule has 0 spiro atoms. The van der Waals surface area contributed by atoms with E-state index in [9.17, 15) is 33.1 Å². The molecule has 59 heavy (non-hydrogen) atoms. The Labute approximate surface area is 398 Å². The van der Waals surface area contributed by atoms with Gasteiger partial charge in [-0.1, -0.05) is 63.3 Å². The third kappa shape index (κ3) is 9.31. The molecule has 16 atom stereocenters. The Kier molecular flexibility index (Phi) is 17.1. The van der Waals surface area contributed by atoms with Gasteiger partial charge in [0.05, 0.1) is 26.1 Å². The molecule has 0 aromatic rings. The molecule has 8 fully saturated rings. The summed E-state index contributed by atoms with van der Waals surface area (Å²) in [6.45, 7) is 13.9. The van der Waals surface area contributed by atoms with Gasteiger partial charge in [-0.3, -0.25) is 19.2 Å². The van der Waals surface area contributed by atoms with Gasteiger partial charge in [-0.2, -0.15) is 0 Å². The van der Waals surface area contributed by atoms with Crippen LogP contribution < -0.4 is 61.8 Å². The fraction of sp³-hybridized carbons (Fsp3) is 0.915. The van der Waals surface area contributed by atoms with Crippen LogP contribution in [0.2, 0.25) is 0 Å². The second-order valence-corrected chi connectivity index (χ2v) is 21.3. The summed E-state index contributed by atoms with van der Waals surface area (Å²) in [5.41, 5.74) is -1.01. The van der Waals surface area contributed by atoms with E-state index in [1.54, 1.807) is 32.7 Å². The summed E-state index contributed by atoms with van der Waals surface area (Å²) in [7, 11) is 4.77. The molecular formula is C47H79F2KN2O7. The number of esters is 2. The van der Waals surface area contributed by atoms with Crippen molar-refractivity contribution in [3.63, 3.8) is 0 Å². The first kappa shape index (κ1) is 52.7. The Bertz CT molecular complexity index is 1520. The van der Waals surface area contributed by atoms with Gasteiger partial charge in [0.2, 0.25) is 0 Å². The van der Waals surface area contributed by atoms with Crippen LogP contribution in [0.1, 0.15) is 153 Å². The SMILES string of the molecule is C.C.CC(C)(C)[O-].COC(=O)[C@H]1CC[C@H]2[C@@H]3CC[C@H]4N(C)C(=O)C(F)C[C@]4(C)C3CC[C@]12C.COC(=O)[C@H]1CC[C@H]2[C@@H]3CC[C@H]4NC(=O)C(F)C[C@]4(C)C3CC[C@]12C.[K+]. The second kappa shape index (κ2) is 19.2. The topological polar surface area (TPSA) is 125 Å². The molecule has 9 nitrogen and oxygen atoms in total. The number of methoxy groups -OCH3 is 2. The van der Waals surface area contributed by atoms with E-state index in [0.717, 1.165) is 77.0 Å². The van der Waals surface area contributed by atoms with Gasteiger partial charge in [0.15, 0.2) is 12.3 Å². The minimum Gasteiger partial charge on any atom is -0.850 e. The summed E-state index contributed by atoms with van der Waals surface area (Å²) >= 11 is 0. The molecule has 0 radical (unpaired) electrons. The van der Waals surface area contributed by atoms with E-state index in [1.165, 1.54) is 14.2 Å². The zero-order chi connectivity index (χ0) is 41.3. The molecule has 2 amide bonds. The molecule has 2 heterocycles. The number of nitrogens with one attached hydrogen (secondary N) is 1. The Morgan fingerprint density at radius 1 is 0.678 bits per heavy atom. The Balaban J connectivity index is 0.000000271. The molecule has 2 aliphatic heterocycles. The third-order valence-electron chi connectivity index (χ3n) is 17.6. The standard InChI is InChI=1S/C21H32FNO3.C20H30FNO3.C4H9O.2CH4.K/c1-20-10-9-14-12(13(20)6-7-15(20)19(25)26-4)5-8-17-21(14,2)11-16(22)18(24)23(17)3;1-19-9-8-13-11(12(19)5-6-14(19)18(24)25-3)4-7-16-20(13,2)10-15(21)17(23)22-16;1-4(2,3)5;;;/h12-17H,5-11H2,1-4H3;11-16H,4-10H2,1-3H3,(H,22,23);1-3H3;2*1H4;/q;;-1;;;+1/t12-,13-,14?,15+,16?,17+,20-,21+;11-,12-,13?,14+,15?,16+,19-,20+;;;;/m00..../s1. The van der Waals surface area contributed by atoms with Crippen molar-refractivity contribution in [3.05, 3.63) is 0 Å². The number of hydrogen-bond acceptors (Lipinski definition) is 7. The van der Waals surface area contributed by atoms with E-state index in [-0.39, 0.29) is 130 Å². The number of fused-ring (bicyclic) bond motifs is 10. The summed E-state index contributed by atoms with van der Waals surface area (Å²) in [4.78, 5) is 50.3. The number of alkyl halides is 2. The summed E-state index contributed by atoms with van der Waals surface area (Å²) in [6.07, 6.45) is 10.1. The number of piperidine rings is 2. The van der Waals surface area contributed by atoms with E-state index in [0.29, 0.717) is 48.3 Å². The van der Waals surface area contributed by atoms with Gasteiger partial charge in [-0.15, -0.1) is 5.60 Å². The zero-order valence-corrected chi connectivity index (χ0v) is 40.0. The predicted octanol–water partition coefficient (Wildman–Crippen LogP) is 5.25. The van der Waals surface area contributed by atoms with Crippen molar-refractivity contribution in [2.45, 2.75) is 183 Å². The van der Waals surface area contributed by atoms with Crippen LogP contribution in [0.15, 0.2) is 0 Å². The minimum absolute atomic E-state index is 0. The van der Waals surface area contributed by atoms with E-state index in [1.807, 2.05) is 0 Å². The normalized spacial score (nSPS) is 45.3. The van der Waals surface area contributed by atoms with Crippen LogP contribution in [0.25, 0.3) is 0 Å². The van der Waals surface area contributed by atoms with Crippen molar-refractivity contribution in [2.75, 3.05) is 21.3 Å². The number of rotatable bonds is 2. The van der Waals surface area contributed by atoms with E-state index < -0.39 is 23.9 Å². The first-order valence-electron chi connectivity index (χ1n) is 21.8. The molecule has 6 aliphatic carbocycles. The molecule has 4 unspecified atom stereocenters. The first-order valence-corrected chi connectivity index (χ1v) is 21.8. The van der Waals surface area contributed by atoms with Gasteiger partial charge in [0.25, 0.3) is 11.8 Å². The smallest absolute Gasteiger partial charge is 0.850 e. The minimum atomic E-state index is -1.38. The van der Waals surface area contributed by atoms with Gasteiger partial charge in [0.1, 0.15) is 0 Å². The number of amides is 2. The van der Waals surface area contributed by atoms with Crippen LogP contribution in [-0.2, 0) is 28.7 Å². The number of nitrogens with zero attached hydrogens (tertiary/aromatic N) is 1. The number of carbonyl (C=O) groups is 4. The van der Waals surface area contributed by atoms with Gasteiger partial charge in [0, 0.05) is 19.1 Å². The molecule has 334 valence electrons. The fourth-order valence-electron chi connectivity index (χ4n) is 15.0. The average molecular weight is 861 g/mol. The molecular weight excluding hydrogens is 782 g/mol. The molecule has 8 aliphatic rings. The summed E-state index contributed by atoms with van der Waals surface area (Å²) in [6, 6.07) is 0.265. The third-order valence-corrected chi connectivity index (χ3v) is 17.6. The van der Waals surface area contributed by atoms with E-state index >= 15 is 0 Å². The number of carbonyl (C=O) groups excluding carboxylic acids is 4. The van der Waals surface area contributed by atoms with Gasteiger partial charge in [-0.25, -0.2) is 8.78 Å². The average Bonchev–Trinajstić information content (AvgIpc) is 3.67. The largest absolute Gasteiger partial charge is 1.00 e. The Morgan fingerprint density at radius 3 is 1.54 bits per heavy atom. The van der Waals surface area contributed by atoms with Crippen LogP contribution in [0.3, 0.4) is 0 Å². The van der Waals surface area contributed by atoms with Crippen LogP contribution in [-0.4, -0.2) is 79.9 Å². The number of hydrogen-bond donors (Lipinski definition) is 1. The summed E-state index contributed by atoms with van der Waals surface area (Å²) in [5, 5.41) is 13.1. The second-order valence-electron chi connectivity index (χ2n) is 21.3. The van der Waals surface area contributed by atoms with Crippen molar-refractivity contribution < 1.29 is 93.9 Å². The van der Waals surface area contributed by atoms with Crippen LogP contribution in [0.4, 0.5) is 8.78 Å². The van der Waals surface area contributed by atoms with Crippen molar-refractivity contribution in [1.29, 1.82) is 0 Å². The predicted molar refractivity (Wildman–Crippen MR) is 221 cm³/mol. The van der Waals surface area contributed by atoms with Crippen LogP contribution in [0, 0.1) is 69.0 Å². The number of ether oxygens (including phenoxy) is 2. The molecule has 0 bridgehead atoms. The van der Waals surface area contributed by atoms with Crippen LogP contribution in [0.5, 0.6) is 0 Å². The summed E-state index contributed by atoms with van der Waals surface area (Å²) < 4.78 is 38.9. The van der Waals surface area contributed by atoms with Crippen molar-refractivity contribution in [1.82, 2.24) is 10.2 Å². The first-order chi connectivity index (χ1) is 26.0. The quantitative estimate of drug-likeness (QED) is 0.297. The Morgan fingerprint density at radius 2 is 1.08 bits per heavy atom. The van der Waals surface area contributed by atoms with E-state index in [2.05, 4.69) is 33.0 Å². The van der Waals surface area contributed by atoms with Crippen molar-refractivity contribution in [3.8, 4) is 0 Å². The zero-order valence-electron chi connectivity index (χ0n) is 36.9. The van der Waals surface area contributed by atoms with Gasteiger partial charge < -0.3 is 24.8 Å². The molecule has 6 saturated carbocycles. The van der Waals surface area contributed by atoms with Crippen molar-refractivity contribution >= 4 is 23.8 Å². The molecule has 2 saturated heterocycles. The van der Waals surface area contributed by atoms with Gasteiger partial charge in [-0.05, 0) is 147 Å². The van der Waals surface area contributed by atoms with Crippen LogP contribution >= 0.6 is 0 Å². The molecule has 0 aromatic heterocycles. The van der Waals surface area contributed by atoms with Crippen molar-refractivity contribution in [2.24, 2.45) is 69.0 Å².